The minimum Gasteiger partial charge on any atom is -0.465 e. The third-order valence-electron chi connectivity index (χ3n) is 3.66. The third kappa shape index (κ3) is 4.26. The fourth-order valence-electron chi connectivity index (χ4n) is 2.28. The number of esters is 1. The molecule has 0 aliphatic rings. The maximum Gasteiger partial charge on any atom is 0.337 e. The van der Waals surface area contributed by atoms with Gasteiger partial charge >= 0.3 is 5.97 Å². The Morgan fingerprint density at radius 1 is 0.964 bits per heavy atom. The van der Waals surface area contributed by atoms with Gasteiger partial charge in [-0.1, -0.05) is 12.1 Å². The van der Waals surface area contributed by atoms with E-state index in [-0.39, 0.29) is 11.5 Å². The van der Waals surface area contributed by atoms with Crippen LogP contribution in [0.4, 0.5) is 26.1 Å². The first-order chi connectivity index (χ1) is 13.5. The fourth-order valence-corrected chi connectivity index (χ4v) is 2.28. The van der Waals surface area contributed by atoms with E-state index in [1.165, 1.54) is 25.6 Å². The monoisotopic (exact) mass is 384 g/mol. The van der Waals surface area contributed by atoms with Crippen LogP contribution in [0.5, 0.6) is 0 Å². The Balaban J connectivity index is 1.71. The maximum absolute atomic E-state index is 13.6. The van der Waals surface area contributed by atoms with E-state index >= 15 is 0 Å². The van der Waals surface area contributed by atoms with Crippen molar-refractivity contribution in [2.75, 3.05) is 17.7 Å². The van der Waals surface area contributed by atoms with Crippen molar-refractivity contribution >= 4 is 29.2 Å². The summed E-state index contributed by atoms with van der Waals surface area (Å²) < 4.78 is 31.9. The van der Waals surface area contributed by atoms with Crippen LogP contribution in [0.1, 0.15) is 20.7 Å². The Kier molecular flexibility index (Phi) is 5.54. The Morgan fingerprint density at radius 2 is 1.61 bits per heavy atom. The molecule has 9 heteroatoms. The molecule has 142 valence electrons. The van der Waals surface area contributed by atoms with E-state index in [1.54, 1.807) is 24.3 Å². The third-order valence-corrected chi connectivity index (χ3v) is 3.66. The first-order valence-electron chi connectivity index (χ1n) is 8.00. The largest absolute Gasteiger partial charge is 0.465 e. The van der Waals surface area contributed by atoms with Gasteiger partial charge in [0.15, 0.2) is 0 Å². The predicted molar refractivity (Wildman–Crippen MR) is 97.4 cm³/mol. The number of amides is 1. The van der Waals surface area contributed by atoms with Crippen LogP contribution in [0, 0.1) is 11.6 Å². The molecule has 0 fully saturated rings. The van der Waals surface area contributed by atoms with E-state index in [2.05, 4.69) is 25.3 Å². The van der Waals surface area contributed by atoms with Crippen LogP contribution in [0.2, 0.25) is 0 Å². The molecule has 3 aromatic rings. The topological polar surface area (TPSA) is 93.2 Å². The second kappa shape index (κ2) is 8.21. The van der Waals surface area contributed by atoms with Crippen molar-refractivity contribution in [3.8, 4) is 0 Å². The molecule has 3 rings (SSSR count). The zero-order valence-electron chi connectivity index (χ0n) is 14.6. The van der Waals surface area contributed by atoms with Gasteiger partial charge in [0.25, 0.3) is 5.91 Å². The van der Waals surface area contributed by atoms with E-state index in [4.69, 9.17) is 0 Å². The smallest absolute Gasteiger partial charge is 0.337 e. The van der Waals surface area contributed by atoms with Crippen LogP contribution in [-0.2, 0) is 4.74 Å². The number of hydrogen-bond acceptors (Lipinski definition) is 6. The maximum atomic E-state index is 13.6. The molecule has 0 unspecified atom stereocenters. The summed E-state index contributed by atoms with van der Waals surface area (Å²) in [6.07, 6.45) is 2.40. The predicted octanol–water partition coefficient (Wildman–Crippen LogP) is 3.54. The van der Waals surface area contributed by atoms with Gasteiger partial charge in [0, 0.05) is 18.1 Å². The van der Waals surface area contributed by atoms with Crippen molar-refractivity contribution in [3.63, 3.8) is 0 Å². The van der Waals surface area contributed by atoms with Crippen LogP contribution in [-0.4, -0.2) is 29.0 Å². The number of aromatic nitrogens is 2. The Morgan fingerprint density at radius 3 is 2.25 bits per heavy atom. The summed E-state index contributed by atoms with van der Waals surface area (Å²) in [5, 5.41) is 5.03. The number of para-hydroxylation sites is 1. The number of hydrogen-bond donors (Lipinski definition) is 2. The standard InChI is InChI=1S/C19H14F2N4O3/c1-28-18(27)11-4-2-5-13(8-11)24-19-22-9-12(10-23-19)17(26)25-16-14(20)6-3-7-15(16)21/h2-10H,1H3,(H,25,26)(H,22,23,24). The zero-order valence-corrected chi connectivity index (χ0v) is 14.6. The molecule has 0 aliphatic carbocycles. The van der Waals surface area contributed by atoms with E-state index in [1.807, 2.05) is 0 Å². The Bertz CT molecular complexity index is 1010. The first-order valence-corrected chi connectivity index (χ1v) is 8.00. The minimum atomic E-state index is -0.891. The number of carbonyl (C=O) groups excluding carboxylic acids is 2. The quantitative estimate of drug-likeness (QED) is 0.654. The van der Waals surface area contributed by atoms with Crippen LogP contribution in [0.15, 0.2) is 54.9 Å². The lowest BCUT2D eigenvalue weighted by Crippen LogP contribution is -2.15. The number of halogens is 2. The average Bonchev–Trinajstić information content (AvgIpc) is 2.71. The average molecular weight is 384 g/mol. The minimum absolute atomic E-state index is 0.0107. The van der Waals surface area contributed by atoms with Crippen molar-refractivity contribution in [3.05, 3.63) is 77.6 Å². The molecule has 0 bridgehead atoms. The van der Waals surface area contributed by atoms with Gasteiger partial charge in [-0.15, -0.1) is 0 Å². The van der Waals surface area contributed by atoms with Crippen LogP contribution in [0.25, 0.3) is 0 Å². The van der Waals surface area contributed by atoms with Crippen molar-refractivity contribution in [1.82, 2.24) is 9.97 Å². The van der Waals surface area contributed by atoms with Gasteiger partial charge in [-0.25, -0.2) is 23.5 Å². The van der Waals surface area contributed by atoms with Gasteiger partial charge in [0.05, 0.1) is 18.2 Å². The SMILES string of the molecule is COC(=O)c1cccc(Nc2ncc(C(=O)Nc3c(F)cccc3F)cn2)c1. The zero-order chi connectivity index (χ0) is 20.1. The van der Waals surface area contributed by atoms with Crippen molar-refractivity contribution in [2.24, 2.45) is 0 Å². The first kappa shape index (κ1) is 18.9. The lowest BCUT2D eigenvalue weighted by molar-refractivity contribution is 0.0600. The highest BCUT2D eigenvalue weighted by Gasteiger charge is 2.14. The number of anilines is 3. The van der Waals surface area contributed by atoms with E-state index in [9.17, 15) is 18.4 Å². The summed E-state index contributed by atoms with van der Waals surface area (Å²) in [5.74, 6) is -2.87. The highest BCUT2D eigenvalue weighted by molar-refractivity contribution is 6.04. The molecule has 28 heavy (non-hydrogen) atoms. The van der Waals surface area contributed by atoms with Crippen LogP contribution >= 0.6 is 0 Å². The molecule has 0 spiro atoms. The van der Waals surface area contributed by atoms with Crippen molar-refractivity contribution < 1.29 is 23.1 Å². The molecular weight excluding hydrogens is 370 g/mol. The number of benzene rings is 2. The molecule has 7 nitrogen and oxygen atoms in total. The Hall–Kier alpha value is -3.88. The summed E-state index contributed by atoms with van der Waals surface area (Å²) in [7, 11) is 1.28. The highest BCUT2D eigenvalue weighted by Crippen LogP contribution is 2.19. The summed E-state index contributed by atoms with van der Waals surface area (Å²) in [5.41, 5.74) is 0.342. The Labute approximate surface area is 158 Å². The molecule has 0 saturated carbocycles. The van der Waals surface area contributed by atoms with Gasteiger partial charge in [0.1, 0.15) is 17.3 Å². The number of rotatable bonds is 5. The summed E-state index contributed by atoms with van der Waals surface area (Å²) in [4.78, 5) is 31.7. The molecule has 0 saturated heterocycles. The molecule has 0 atom stereocenters. The number of nitrogens with one attached hydrogen (secondary N) is 2. The fraction of sp³-hybridized carbons (Fsp3) is 0.0526. The van der Waals surface area contributed by atoms with Crippen molar-refractivity contribution in [1.29, 1.82) is 0 Å². The van der Waals surface area contributed by atoms with E-state index in [0.29, 0.717) is 11.3 Å². The van der Waals surface area contributed by atoms with Gasteiger partial charge in [-0.2, -0.15) is 0 Å². The molecule has 1 heterocycles. The number of nitrogens with zero attached hydrogens (tertiary/aromatic N) is 2. The number of methoxy groups -OCH3 is 1. The van der Waals surface area contributed by atoms with Crippen molar-refractivity contribution in [2.45, 2.75) is 0 Å². The van der Waals surface area contributed by atoms with Gasteiger partial charge in [0.2, 0.25) is 5.95 Å². The normalized spacial score (nSPS) is 10.2. The lowest BCUT2D eigenvalue weighted by atomic mass is 10.2. The molecule has 1 amide bonds. The molecule has 1 aromatic heterocycles. The molecule has 0 radical (unpaired) electrons. The number of carbonyl (C=O) groups is 2. The highest BCUT2D eigenvalue weighted by atomic mass is 19.1. The van der Waals surface area contributed by atoms with Gasteiger partial charge in [-0.3, -0.25) is 4.79 Å². The molecule has 2 N–H and O–H groups in total. The van der Waals surface area contributed by atoms with E-state index in [0.717, 1.165) is 12.1 Å². The second-order valence-electron chi connectivity index (χ2n) is 5.54. The summed E-state index contributed by atoms with van der Waals surface area (Å²) in [6, 6.07) is 9.75. The van der Waals surface area contributed by atoms with Gasteiger partial charge < -0.3 is 15.4 Å². The van der Waals surface area contributed by atoms with Crippen LogP contribution < -0.4 is 10.6 Å². The second-order valence-corrected chi connectivity index (χ2v) is 5.54. The summed E-state index contributed by atoms with van der Waals surface area (Å²) >= 11 is 0. The molecule has 0 aliphatic heterocycles. The van der Waals surface area contributed by atoms with E-state index < -0.39 is 29.2 Å². The van der Waals surface area contributed by atoms with Crippen LogP contribution in [0.3, 0.4) is 0 Å². The molecular formula is C19H14F2N4O3. The number of ether oxygens (including phenoxy) is 1. The lowest BCUT2D eigenvalue weighted by Gasteiger charge is -2.08. The van der Waals surface area contributed by atoms with Gasteiger partial charge in [-0.05, 0) is 30.3 Å². The molecule has 2 aromatic carbocycles. The summed E-state index contributed by atoms with van der Waals surface area (Å²) in [6.45, 7) is 0.